The second-order valence-corrected chi connectivity index (χ2v) is 11.5. The molecule has 0 N–H and O–H groups in total. The minimum Gasteiger partial charge on any atom is -0.456 e. The van der Waals surface area contributed by atoms with Gasteiger partial charge in [-0.05, 0) is 89.5 Å². The van der Waals surface area contributed by atoms with E-state index in [1.54, 1.807) is 0 Å². The van der Waals surface area contributed by atoms with E-state index in [0.717, 1.165) is 16.6 Å². The number of hydrogen-bond donors (Lipinski definition) is 0. The molecule has 2 aliphatic rings. The topological polar surface area (TPSA) is 16.4 Å². The summed E-state index contributed by atoms with van der Waals surface area (Å²) in [5.41, 5.74) is 17.3. The molecule has 9 rings (SSSR count). The van der Waals surface area contributed by atoms with Gasteiger partial charge in [0.15, 0.2) is 0 Å². The Morgan fingerprint density at radius 3 is 2.22 bits per heavy atom. The Morgan fingerprint density at radius 2 is 1.32 bits per heavy atom. The van der Waals surface area contributed by atoms with Crippen LogP contribution in [0.5, 0.6) is 0 Å². The molecule has 6 aromatic carbocycles. The van der Waals surface area contributed by atoms with Crippen LogP contribution in [0.1, 0.15) is 11.1 Å². The van der Waals surface area contributed by atoms with E-state index in [-0.39, 0.29) is 6.71 Å². The van der Waals surface area contributed by atoms with Crippen LogP contribution in [0, 0.1) is 13.8 Å². The Labute approximate surface area is 239 Å². The third kappa shape index (κ3) is 3.15. The molecule has 0 aliphatic carbocycles. The molecule has 0 bridgehead atoms. The third-order valence-corrected chi connectivity index (χ3v) is 8.99. The van der Waals surface area contributed by atoms with Gasteiger partial charge in [-0.3, -0.25) is 0 Å². The monoisotopic (exact) mass is 523 g/mol. The van der Waals surface area contributed by atoms with Gasteiger partial charge in [-0.1, -0.05) is 95.5 Å². The molecule has 2 nitrogen and oxygen atoms in total. The predicted molar refractivity (Wildman–Crippen MR) is 173 cm³/mol. The van der Waals surface area contributed by atoms with Crippen molar-refractivity contribution in [3.63, 3.8) is 0 Å². The molecule has 0 radical (unpaired) electrons. The first kappa shape index (κ1) is 22.8. The fraction of sp³-hybridized carbons (Fsp3) is 0.0526. The summed E-state index contributed by atoms with van der Waals surface area (Å²) < 4.78 is 6.30. The lowest BCUT2D eigenvalue weighted by Crippen LogP contribution is -2.54. The van der Waals surface area contributed by atoms with E-state index in [1.807, 2.05) is 6.07 Å². The van der Waals surface area contributed by atoms with Gasteiger partial charge in [0, 0.05) is 27.8 Å². The zero-order chi connectivity index (χ0) is 27.2. The first-order chi connectivity index (χ1) is 20.2. The van der Waals surface area contributed by atoms with Gasteiger partial charge < -0.3 is 9.32 Å². The first-order valence-electron chi connectivity index (χ1n) is 14.3. The van der Waals surface area contributed by atoms with E-state index in [9.17, 15) is 0 Å². The number of furan rings is 1. The van der Waals surface area contributed by atoms with Crippen LogP contribution in [-0.4, -0.2) is 6.71 Å². The maximum absolute atomic E-state index is 6.30. The van der Waals surface area contributed by atoms with Crippen LogP contribution >= 0.6 is 0 Å². The van der Waals surface area contributed by atoms with Crippen molar-refractivity contribution in [2.75, 3.05) is 4.90 Å². The average molecular weight is 523 g/mol. The number of benzene rings is 6. The Morgan fingerprint density at radius 1 is 0.561 bits per heavy atom. The summed E-state index contributed by atoms with van der Waals surface area (Å²) in [5, 5.41) is 2.33. The molecular formula is C38H26BNO. The molecule has 192 valence electrons. The molecule has 1 aromatic heterocycles. The van der Waals surface area contributed by atoms with Gasteiger partial charge in [-0.25, -0.2) is 0 Å². The van der Waals surface area contributed by atoms with Crippen molar-refractivity contribution in [2.24, 2.45) is 0 Å². The highest BCUT2D eigenvalue weighted by molar-refractivity contribution is 7.01. The van der Waals surface area contributed by atoms with Gasteiger partial charge in [-0.15, -0.1) is 0 Å². The van der Waals surface area contributed by atoms with Gasteiger partial charge in [-0.2, -0.15) is 0 Å². The minimum atomic E-state index is 0.215. The molecule has 0 atom stereocenters. The molecule has 41 heavy (non-hydrogen) atoms. The zero-order valence-corrected chi connectivity index (χ0v) is 23.0. The van der Waals surface area contributed by atoms with Gasteiger partial charge in [0.1, 0.15) is 11.2 Å². The molecule has 0 saturated heterocycles. The summed E-state index contributed by atoms with van der Waals surface area (Å²) in [6, 6.07) is 44.5. The lowest BCUT2D eigenvalue weighted by Gasteiger charge is -2.36. The minimum absolute atomic E-state index is 0.215. The second-order valence-electron chi connectivity index (χ2n) is 11.5. The van der Waals surface area contributed by atoms with Crippen molar-refractivity contribution in [1.82, 2.24) is 0 Å². The SMILES string of the molecule is Cc1ccc(N2c3ccc(C)cc3B3c4ccccc4-c4cc(-c5cccc6oc7ccccc7c56)cc2c43)cc1. The number of aryl methyl sites for hydroxylation is 2. The number of rotatable bonds is 2. The van der Waals surface area contributed by atoms with Crippen molar-refractivity contribution in [1.29, 1.82) is 0 Å². The van der Waals surface area contributed by atoms with Crippen molar-refractivity contribution < 1.29 is 4.42 Å². The molecular weight excluding hydrogens is 497 g/mol. The molecule has 2 aliphatic heterocycles. The Hall–Kier alpha value is -5.02. The molecule has 7 aromatic rings. The number of nitrogens with zero attached hydrogens (tertiary/aromatic N) is 1. The van der Waals surface area contributed by atoms with Crippen LogP contribution in [0.25, 0.3) is 44.2 Å². The molecule has 0 spiro atoms. The van der Waals surface area contributed by atoms with E-state index in [2.05, 4.69) is 134 Å². The van der Waals surface area contributed by atoms with Crippen LogP contribution in [0.4, 0.5) is 17.1 Å². The molecule has 3 heteroatoms. The second kappa shape index (κ2) is 8.25. The summed E-state index contributed by atoms with van der Waals surface area (Å²) in [7, 11) is 0. The third-order valence-electron chi connectivity index (χ3n) is 8.99. The standard InChI is InChI=1S/C38H26BNO/c1-23-14-17-26(18-15-23)40-33-19-16-24(2)20-32(33)39-31-11-5-3-8-28(31)30-21-25(22-34(40)38(30)39)27-10-7-13-36-37(27)29-9-4-6-12-35(29)41-36/h3-22H,1-2H3. The highest BCUT2D eigenvalue weighted by Gasteiger charge is 2.42. The summed E-state index contributed by atoms with van der Waals surface area (Å²) in [5.74, 6) is 0. The maximum atomic E-state index is 6.30. The van der Waals surface area contributed by atoms with Crippen LogP contribution in [0.2, 0.25) is 0 Å². The van der Waals surface area contributed by atoms with Crippen molar-refractivity contribution in [2.45, 2.75) is 13.8 Å². The molecule has 3 heterocycles. The van der Waals surface area contributed by atoms with Crippen molar-refractivity contribution in [3.05, 3.63) is 132 Å². The quantitative estimate of drug-likeness (QED) is 0.213. The fourth-order valence-electron chi connectivity index (χ4n) is 7.20. The summed E-state index contributed by atoms with van der Waals surface area (Å²) in [6.45, 7) is 4.57. The lowest BCUT2D eigenvalue weighted by atomic mass is 9.37. The van der Waals surface area contributed by atoms with Gasteiger partial charge in [0.25, 0.3) is 0 Å². The van der Waals surface area contributed by atoms with Crippen LogP contribution < -0.4 is 21.3 Å². The Kier molecular flexibility index (Phi) is 4.58. The molecule has 0 saturated carbocycles. The molecule has 0 amide bonds. The lowest BCUT2D eigenvalue weighted by molar-refractivity contribution is 0.669. The van der Waals surface area contributed by atoms with Gasteiger partial charge >= 0.3 is 0 Å². The number of hydrogen-bond acceptors (Lipinski definition) is 2. The maximum Gasteiger partial charge on any atom is 0.248 e. The van der Waals surface area contributed by atoms with Crippen LogP contribution in [0.3, 0.4) is 0 Å². The predicted octanol–water partition coefficient (Wildman–Crippen LogP) is 8.15. The van der Waals surface area contributed by atoms with E-state index < -0.39 is 0 Å². The van der Waals surface area contributed by atoms with Gasteiger partial charge in [0.2, 0.25) is 6.71 Å². The highest BCUT2D eigenvalue weighted by atomic mass is 16.3. The van der Waals surface area contributed by atoms with Crippen LogP contribution in [-0.2, 0) is 0 Å². The van der Waals surface area contributed by atoms with Crippen molar-refractivity contribution in [3.8, 4) is 22.3 Å². The molecule has 0 unspecified atom stereocenters. The normalized spacial score (nSPS) is 13.0. The number of fused-ring (bicyclic) bond motifs is 8. The summed E-state index contributed by atoms with van der Waals surface area (Å²) >= 11 is 0. The number of anilines is 3. The highest BCUT2D eigenvalue weighted by Crippen LogP contribution is 2.45. The van der Waals surface area contributed by atoms with Crippen molar-refractivity contribution >= 4 is 62.1 Å². The van der Waals surface area contributed by atoms with E-state index in [1.165, 1.54) is 72.2 Å². The van der Waals surface area contributed by atoms with E-state index in [0.29, 0.717) is 0 Å². The largest absolute Gasteiger partial charge is 0.456 e. The van der Waals surface area contributed by atoms with E-state index >= 15 is 0 Å². The van der Waals surface area contributed by atoms with Gasteiger partial charge in [0.05, 0.1) is 0 Å². The summed E-state index contributed by atoms with van der Waals surface area (Å²) in [4.78, 5) is 2.48. The Bertz CT molecular complexity index is 2190. The van der Waals surface area contributed by atoms with E-state index in [4.69, 9.17) is 4.42 Å². The average Bonchev–Trinajstić information content (AvgIpc) is 3.55. The zero-order valence-electron chi connectivity index (χ0n) is 23.0. The summed E-state index contributed by atoms with van der Waals surface area (Å²) in [6.07, 6.45) is 0. The van der Waals surface area contributed by atoms with Crippen LogP contribution in [0.15, 0.2) is 126 Å². The Balaban J connectivity index is 1.40. The smallest absolute Gasteiger partial charge is 0.248 e. The number of para-hydroxylation sites is 1. The fourth-order valence-corrected chi connectivity index (χ4v) is 7.20. The first-order valence-corrected chi connectivity index (χ1v) is 14.3. The molecule has 0 fully saturated rings.